The summed E-state index contributed by atoms with van der Waals surface area (Å²) in [6.07, 6.45) is 6.65. The Morgan fingerprint density at radius 2 is 1.66 bits per heavy atom. The average Bonchev–Trinajstić information content (AvgIpc) is 3.11. The molecule has 2 heterocycles. The van der Waals surface area contributed by atoms with E-state index in [-0.39, 0.29) is 24.8 Å². The van der Waals surface area contributed by atoms with Gasteiger partial charge in [-0.25, -0.2) is 4.58 Å². The number of nitrogens with zero attached hydrogens (tertiary/aromatic N) is 2. The number of piperidine rings is 1. The van der Waals surface area contributed by atoms with E-state index in [1.807, 2.05) is 0 Å². The molecule has 0 aromatic heterocycles. The Morgan fingerprint density at radius 3 is 2.38 bits per heavy atom. The normalized spacial score (nSPS) is 30.9. The molecule has 0 spiro atoms. The summed E-state index contributed by atoms with van der Waals surface area (Å²) in [4.78, 5) is 2.81. The zero-order valence-electron chi connectivity index (χ0n) is 17.2. The first-order valence-electron chi connectivity index (χ1n) is 10.7. The Morgan fingerprint density at radius 1 is 0.966 bits per heavy atom. The van der Waals surface area contributed by atoms with Crippen LogP contribution >= 0.6 is 12.4 Å². The molecule has 0 N–H and O–H groups in total. The Labute approximate surface area is 187 Å². The van der Waals surface area contributed by atoms with Crippen molar-refractivity contribution in [3.63, 3.8) is 0 Å². The van der Waals surface area contributed by atoms with Gasteiger partial charge in [0.2, 0.25) is 0 Å². The molecule has 29 heavy (non-hydrogen) atoms. The number of likely N-dealkylation sites (tertiary alicyclic amines) is 1. The zero-order chi connectivity index (χ0) is 18.2. The van der Waals surface area contributed by atoms with E-state index >= 15 is 0 Å². The maximum Gasteiger partial charge on any atom is 0.146 e. The Balaban J connectivity index is 0.00000120. The lowest BCUT2D eigenvalue weighted by atomic mass is 9.61. The molecule has 2 aromatic rings. The van der Waals surface area contributed by atoms with Gasteiger partial charge in [-0.2, -0.15) is 0 Å². The predicted octanol–water partition coefficient (Wildman–Crippen LogP) is 1.84. The highest BCUT2D eigenvalue weighted by Gasteiger charge is 2.52. The standard InChI is InChI=1S/C25H31N2.2ClH/c1-26-17-23-21-13-8-14-27(16-19-9-4-2-5-10-19)25(21)15-22(24(23)18-26)20-11-6-3-7-12-20;;/h2-7,9-12,17,21-25H,8,13-16,18H2,1H3;2*1H/q+1;;/p-1. The molecule has 1 saturated heterocycles. The Bertz CT molecular complexity index is 808. The molecule has 2 aromatic carbocycles. The van der Waals surface area contributed by atoms with Crippen LogP contribution in [-0.4, -0.2) is 41.9 Å². The fraction of sp³-hybridized carbons (Fsp3) is 0.480. The van der Waals surface area contributed by atoms with Crippen LogP contribution in [0.25, 0.3) is 0 Å². The summed E-state index contributed by atoms with van der Waals surface area (Å²) in [5.74, 6) is 3.06. The van der Waals surface area contributed by atoms with Crippen LogP contribution < -0.4 is 12.4 Å². The smallest absolute Gasteiger partial charge is 0.146 e. The maximum atomic E-state index is 2.81. The van der Waals surface area contributed by atoms with Crippen molar-refractivity contribution in [2.45, 2.75) is 37.8 Å². The highest BCUT2D eigenvalue weighted by atomic mass is 35.5. The van der Waals surface area contributed by atoms with Gasteiger partial charge in [0, 0.05) is 24.4 Å². The second kappa shape index (κ2) is 9.64. The Hall–Kier alpha value is -1.35. The molecular weight excluding hydrogens is 399 g/mol. The monoisotopic (exact) mass is 430 g/mol. The quantitative estimate of drug-likeness (QED) is 0.673. The lowest BCUT2D eigenvalue weighted by Crippen LogP contribution is -3.00. The number of benzene rings is 2. The SMILES string of the molecule is C[N+]1=CC2C(C1)C(c1ccccc1)CC1C2CCCN1Cc1ccccc1.Cl.[Cl-]. The van der Waals surface area contributed by atoms with E-state index in [1.165, 1.54) is 37.9 Å². The van der Waals surface area contributed by atoms with E-state index in [4.69, 9.17) is 0 Å². The molecule has 0 amide bonds. The number of fused-ring (bicyclic) bond motifs is 3. The van der Waals surface area contributed by atoms with E-state index in [2.05, 4.69) is 83.4 Å². The van der Waals surface area contributed by atoms with Gasteiger partial charge in [0.25, 0.3) is 0 Å². The number of hydrogen-bond acceptors (Lipinski definition) is 1. The summed E-state index contributed by atoms with van der Waals surface area (Å²) in [5, 5.41) is 0. The summed E-state index contributed by atoms with van der Waals surface area (Å²) in [6, 6.07) is 23.1. The molecule has 5 unspecified atom stereocenters. The van der Waals surface area contributed by atoms with E-state index in [9.17, 15) is 0 Å². The van der Waals surface area contributed by atoms with Crippen molar-refractivity contribution in [3.8, 4) is 0 Å². The molecule has 0 bridgehead atoms. The van der Waals surface area contributed by atoms with Crippen LogP contribution in [0.5, 0.6) is 0 Å². The summed E-state index contributed by atoms with van der Waals surface area (Å²) in [5.41, 5.74) is 3.02. The van der Waals surface area contributed by atoms with Gasteiger partial charge >= 0.3 is 0 Å². The largest absolute Gasteiger partial charge is 1.00 e. The lowest BCUT2D eigenvalue weighted by molar-refractivity contribution is -0.490. The van der Waals surface area contributed by atoms with Gasteiger partial charge < -0.3 is 12.4 Å². The minimum absolute atomic E-state index is 0. The molecule has 3 aliphatic rings. The molecule has 5 atom stereocenters. The predicted molar refractivity (Wildman–Crippen MR) is 119 cm³/mol. The zero-order valence-corrected chi connectivity index (χ0v) is 18.7. The fourth-order valence-corrected chi connectivity index (χ4v) is 6.21. The summed E-state index contributed by atoms with van der Waals surface area (Å²) >= 11 is 0. The molecule has 1 saturated carbocycles. The van der Waals surface area contributed by atoms with Gasteiger partial charge in [0.05, 0.1) is 0 Å². The minimum atomic E-state index is 0. The third-order valence-corrected chi connectivity index (χ3v) is 7.33. The van der Waals surface area contributed by atoms with E-state index < -0.39 is 0 Å². The van der Waals surface area contributed by atoms with Crippen LogP contribution in [-0.2, 0) is 6.54 Å². The van der Waals surface area contributed by atoms with E-state index in [0.29, 0.717) is 12.0 Å². The molecule has 2 aliphatic heterocycles. The number of halogens is 2. The lowest BCUT2D eigenvalue weighted by Gasteiger charge is -2.50. The average molecular weight is 431 g/mol. The van der Waals surface area contributed by atoms with Crippen molar-refractivity contribution < 1.29 is 17.0 Å². The van der Waals surface area contributed by atoms with Crippen LogP contribution in [0, 0.1) is 17.8 Å². The van der Waals surface area contributed by atoms with Crippen LogP contribution in [0.2, 0.25) is 0 Å². The number of rotatable bonds is 3. The van der Waals surface area contributed by atoms with Crippen LogP contribution in [0.1, 0.15) is 36.3 Å². The van der Waals surface area contributed by atoms with Crippen molar-refractivity contribution in [1.82, 2.24) is 4.90 Å². The maximum absolute atomic E-state index is 2.81. The molecule has 5 rings (SSSR count). The first kappa shape index (κ1) is 22.3. The van der Waals surface area contributed by atoms with Gasteiger partial charge in [-0.3, -0.25) is 4.90 Å². The fourth-order valence-electron chi connectivity index (χ4n) is 6.21. The molecule has 156 valence electrons. The highest BCUT2D eigenvalue weighted by Crippen LogP contribution is 2.50. The van der Waals surface area contributed by atoms with Gasteiger partial charge in [-0.05, 0) is 48.8 Å². The van der Waals surface area contributed by atoms with Crippen molar-refractivity contribution in [2.75, 3.05) is 20.1 Å². The summed E-state index contributed by atoms with van der Waals surface area (Å²) in [7, 11) is 2.28. The van der Waals surface area contributed by atoms with Crippen molar-refractivity contribution >= 4 is 18.6 Å². The second-order valence-electron chi connectivity index (χ2n) is 8.91. The summed E-state index contributed by atoms with van der Waals surface area (Å²) < 4.78 is 2.48. The van der Waals surface area contributed by atoms with Crippen molar-refractivity contribution in [1.29, 1.82) is 0 Å². The van der Waals surface area contributed by atoms with Crippen LogP contribution in [0.3, 0.4) is 0 Å². The molecular formula is C25H32Cl2N2. The van der Waals surface area contributed by atoms with Crippen molar-refractivity contribution in [2.24, 2.45) is 17.8 Å². The molecule has 1 aliphatic carbocycles. The van der Waals surface area contributed by atoms with Gasteiger partial charge in [-0.1, -0.05) is 60.7 Å². The highest BCUT2D eigenvalue weighted by molar-refractivity contribution is 5.85. The third kappa shape index (κ3) is 4.40. The first-order valence-corrected chi connectivity index (χ1v) is 10.7. The van der Waals surface area contributed by atoms with Crippen LogP contribution in [0.15, 0.2) is 60.7 Å². The van der Waals surface area contributed by atoms with E-state index in [1.54, 1.807) is 5.56 Å². The van der Waals surface area contributed by atoms with E-state index in [0.717, 1.165) is 24.3 Å². The third-order valence-electron chi connectivity index (χ3n) is 7.33. The number of hydrogen-bond donors (Lipinski definition) is 0. The topological polar surface area (TPSA) is 6.25 Å². The van der Waals surface area contributed by atoms with Crippen LogP contribution in [0.4, 0.5) is 0 Å². The molecule has 2 fully saturated rings. The Kier molecular flexibility index (Phi) is 7.42. The first-order chi connectivity index (χ1) is 13.3. The molecule has 4 heteroatoms. The minimum Gasteiger partial charge on any atom is -1.00 e. The van der Waals surface area contributed by atoms with Gasteiger partial charge in [0.1, 0.15) is 19.8 Å². The van der Waals surface area contributed by atoms with Gasteiger partial charge in [-0.15, -0.1) is 12.4 Å². The summed E-state index contributed by atoms with van der Waals surface area (Å²) in [6.45, 7) is 3.59. The van der Waals surface area contributed by atoms with Crippen molar-refractivity contribution in [3.05, 3.63) is 71.8 Å². The second-order valence-corrected chi connectivity index (χ2v) is 8.91. The van der Waals surface area contributed by atoms with Gasteiger partial charge in [0.15, 0.2) is 0 Å². The molecule has 2 nitrogen and oxygen atoms in total. The molecule has 0 radical (unpaired) electrons.